The van der Waals surface area contributed by atoms with Gasteiger partial charge >= 0.3 is 0 Å². The number of carbonyl (C=O) groups is 1. The van der Waals surface area contributed by atoms with Crippen molar-refractivity contribution in [1.29, 1.82) is 0 Å². The van der Waals surface area contributed by atoms with Crippen molar-refractivity contribution in [1.82, 2.24) is 9.88 Å². The number of nitrogen functional groups attached to an aromatic ring is 1. The molecule has 0 bridgehead atoms. The van der Waals surface area contributed by atoms with E-state index in [9.17, 15) is 4.79 Å². The fourth-order valence-corrected chi connectivity index (χ4v) is 3.62. The molecule has 0 saturated carbocycles. The van der Waals surface area contributed by atoms with Crippen molar-refractivity contribution >= 4 is 28.2 Å². The van der Waals surface area contributed by atoms with E-state index in [2.05, 4.69) is 23.7 Å². The first-order valence-electron chi connectivity index (χ1n) is 7.79. The van der Waals surface area contributed by atoms with E-state index in [1.165, 1.54) is 17.8 Å². The van der Waals surface area contributed by atoms with Crippen LogP contribution >= 0.6 is 11.3 Å². The summed E-state index contributed by atoms with van der Waals surface area (Å²) < 4.78 is 0. The molecule has 2 heterocycles. The molecule has 0 aliphatic carbocycles. The van der Waals surface area contributed by atoms with Gasteiger partial charge in [-0.15, -0.1) is 0 Å². The number of hydrogen-bond donors (Lipinski definition) is 1. The lowest BCUT2D eigenvalue weighted by molar-refractivity contribution is 0.0766. The number of nitrogens with zero attached hydrogens (tertiary/aromatic N) is 3. The second-order valence-corrected chi connectivity index (χ2v) is 6.94. The summed E-state index contributed by atoms with van der Waals surface area (Å²) in [6.45, 7) is 6.96. The molecular weight excluding hydrogens is 284 g/mol. The Morgan fingerprint density at radius 3 is 2.95 bits per heavy atom. The molecule has 1 aromatic rings. The minimum atomic E-state index is 0.0512. The lowest BCUT2D eigenvalue weighted by atomic mass is 10.0. The first-order valence-corrected chi connectivity index (χ1v) is 8.61. The Kier molecular flexibility index (Phi) is 5.45. The van der Waals surface area contributed by atoms with Crippen molar-refractivity contribution in [3.8, 4) is 0 Å². The molecule has 1 aliphatic heterocycles. The highest BCUT2D eigenvalue weighted by atomic mass is 32.1. The lowest BCUT2D eigenvalue weighted by Crippen LogP contribution is -2.31. The first kappa shape index (κ1) is 16.1. The van der Waals surface area contributed by atoms with Crippen LogP contribution in [0.2, 0.25) is 0 Å². The predicted molar refractivity (Wildman–Crippen MR) is 89.0 cm³/mol. The van der Waals surface area contributed by atoms with Crippen molar-refractivity contribution in [2.24, 2.45) is 5.92 Å². The van der Waals surface area contributed by atoms with Crippen LogP contribution in [0, 0.1) is 5.92 Å². The quantitative estimate of drug-likeness (QED) is 0.929. The third-order valence-electron chi connectivity index (χ3n) is 4.03. The van der Waals surface area contributed by atoms with Gasteiger partial charge in [0.25, 0.3) is 5.91 Å². The van der Waals surface area contributed by atoms with Crippen molar-refractivity contribution < 1.29 is 4.79 Å². The van der Waals surface area contributed by atoms with Crippen LogP contribution in [-0.4, -0.2) is 42.5 Å². The van der Waals surface area contributed by atoms with Gasteiger partial charge in [-0.2, -0.15) is 0 Å². The normalized spacial score (nSPS) is 19.4. The Morgan fingerprint density at radius 1 is 1.48 bits per heavy atom. The maximum atomic E-state index is 12.7. The van der Waals surface area contributed by atoms with Crippen molar-refractivity contribution in [2.75, 3.05) is 37.3 Å². The molecule has 0 spiro atoms. The van der Waals surface area contributed by atoms with E-state index in [0.29, 0.717) is 16.6 Å². The largest absolute Gasteiger partial charge is 0.382 e. The second-order valence-electron chi connectivity index (χ2n) is 5.96. The Balaban J connectivity index is 2.11. The van der Waals surface area contributed by atoms with E-state index >= 15 is 0 Å². The van der Waals surface area contributed by atoms with Crippen molar-refractivity contribution in [2.45, 2.75) is 39.5 Å². The van der Waals surface area contributed by atoms with Crippen molar-refractivity contribution in [3.05, 3.63) is 4.88 Å². The topological polar surface area (TPSA) is 62.5 Å². The number of rotatable bonds is 4. The summed E-state index contributed by atoms with van der Waals surface area (Å²) in [6.07, 6.45) is 4.40. The Bertz CT molecular complexity index is 488. The molecule has 2 N–H and O–H groups in total. The zero-order valence-corrected chi connectivity index (χ0v) is 14.1. The number of amides is 1. The highest BCUT2D eigenvalue weighted by Gasteiger charge is 2.24. The van der Waals surface area contributed by atoms with Crippen LogP contribution in [0.5, 0.6) is 0 Å². The number of aromatic nitrogens is 1. The predicted octanol–water partition coefficient (Wildman–Crippen LogP) is 2.83. The maximum Gasteiger partial charge on any atom is 0.267 e. The van der Waals surface area contributed by atoms with Crippen LogP contribution in [0.15, 0.2) is 0 Å². The third kappa shape index (κ3) is 3.87. The monoisotopic (exact) mass is 310 g/mol. The fraction of sp³-hybridized carbons (Fsp3) is 0.733. The summed E-state index contributed by atoms with van der Waals surface area (Å²) in [6, 6.07) is 0. The molecule has 1 unspecified atom stereocenters. The van der Waals surface area contributed by atoms with Gasteiger partial charge in [-0.25, -0.2) is 4.98 Å². The summed E-state index contributed by atoms with van der Waals surface area (Å²) in [7, 11) is 1.99. The van der Waals surface area contributed by atoms with Crippen LogP contribution in [0.25, 0.3) is 0 Å². The van der Waals surface area contributed by atoms with Gasteiger partial charge in [0.15, 0.2) is 5.13 Å². The average molecular weight is 310 g/mol. The number of nitrogens with two attached hydrogens (primary N) is 1. The lowest BCUT2D eigenvalue weighted by Gasteiger charge is -2.19. The second kappa shape index (κ2) is 7.11. The van der Waals surface area contributed by atoms with E-state index in [0.717, 1.165) is 44.0 Å². The van der Waals surface area contributed by atoms with E-state index in [1.807, 2.05) is 11.9 Å². The number of carbonyl (C=O) groups excluding carboxylic acids is 1. The molecule has 1 fully saturated rings. The van der Waals surface area contributed by atoms with E-state index in [1.54, 1.807) is 0 Å². The molecular formula is C15H26N4OS. The molecule has 0 aromatic carbocycles. The highest BCUT2D eigenvalue weighted by Crippen LogP contribution is 2.29. The van der Waals surface area contributed by atoms with Gasteiger partial charge in [-0.1, -0.05) is 25.2 Å². The summed E-state index contributed by atoms with van der Waals surface area (Å²) in [4.78, 5) is 21.6. The van der Waals surface area contributed by atoms with Crippen LogP contribution in [0.4, 0.5) is 10.9 Å². The highest BCUT2D eigenvalue weighted by molar-refractivity contribution is 7.18. The minimum Gasteiger partial charge on any atom is -0.382 e. The molecule has 118 valence electrons. The van der Waals surface area contributed by atoms with Gasteiger partial charge in [-0.05, 0) is 31.6 Å². The SMILES string of the molecule is CCCN(C)c1nc(N)c(C(=O)N2CCCC(C)CC2)s1. The number of thiazole rings is 1. The van der Waals surface area contributed by atoms with Gasteiger partial charge in [-0.3, -0.25) is 4.79 Å². The summed E-state index contributed by atoms with van der Waals surface area (Å²) in [5.74, 6) is 1.13. The molecule has 6 heteroatoms. The molecule has 1 saturated heterocycles. The number of anilines is 2. The van der Waals surface area contributed by atoms with Crippen LogP contribution in [0.3, 0.4) is 0 Å². The summed E-state index contributed by atoms with van der Waals surface area (Å²) >= 11 is 1.42. The minimum absolute atomic E-state index is 0.0512. The number of likely N-dealkylation sites (tertiary alicyclic amines) is 1. The molecule has 1 aliphatic rings. The average Bonchev–Trinajstić information content (AvgIpc) is 2.70. The maximum absolute atomic E-state index is 12.7. The third-order valence-corrected chi connectivity index (χ3v) is 5.20. The smallest absolute Gasteiger partial charge is 0.267 e. The van der Waals surface area contributed by atoms with Crippen molar-refractivity contribution in [3.63, 3.8) is 0 Å². The molecule has 1 amide bonds. The fourth-order valence-electron chi connectivity index (χ4n) is 2.68. The van der Waals surface area contributed by atoms with Gasteiger partial charge < -0.3 is 15.5 Å². The molecule has 2 rings (SSSR count). The molecule has 0 radical (unpaired) electrons. The molecule has 5 nitrogen and oxygen atoms in total. The number of hydrogen-bond acceptors (Lipinski definition) is 5. The van der Waals surface area contributed by atoms with E-state index in [-0.39, 0.29) is 5.91 Å². The zero-order chi connectivity index (χ0) is 15.4. The summed E-state index contributed by atoms with van der Waals surface area (Å²) in [5.41, 5.74) is 5.97. The van der Waals surface area contributed by atoms with Crippen LogP contribution < -0.4 is 10.6 Å². The van der Waals surface area contributed by atoms with Gasteiger partial charge in [0, 0.05) is 26.7 Å². The van der Waals surface area contributed by atoms with Gasteiger partial charge in [0.2, 0.25) is 0 Å². The summed E-state index contributed by atoms with van der Waals surface area (Å²) in [5, 5.41) is 0.834. The Morgan fingerprint density at radius 2 is 2.24 bits per heavy atom. The van der Waals surface area contributed by atoms with Crippen LogP contribution in [0.1, 0.15) is 49.2 Å². The first-order chi connectivity index (χ1) is 10.0. The van der Waals surface area contributed by atoms with Gasteiger partial charge in [0.05, 0.1) is 0 Å². The standard InChI is InChI=1S/C15H26N4OS/c1-4-8-18(3)15-17-13(16)12(21-15)14(20)19-9-5-6-11(2)7-10-19/h11H,4-10,16H2,1-3H3. The van der Waals surface area contributed by atoms with E-state index < -0.39 is 0 Å². The zero-order valence-electron chi connectivity index (χ0n) is 13.3. The van der Waals surface area contributed by atoms with Crippen LogP contribution in [-0.2, 0) is 0 Å². The van der Waals surface area contributed by atoms with Gasteiger partial charge in [0.1, 0.15) is 10.7 Å². The molecule has 1 aromatic heterocycles. The Labute approximate surface area is 131 Å². The molecule has 21 heavy (non-hydrogen) atoms. The molecule has 1 atom stereocenters. The van der Waals surface area contributed by atoms with E-state index in [4.69, 9.17) is 5.73 Å². The Hall–Kier alpha value is -1.30.